The molecular formula is C12H22Cl2N4O2. The van der Waals surface area contributed by atoms with Gasteiger partial charge in [-0.05, 0) is 25.5 Å². The fourth-order valence-corrected chi connectivity index (χ4v) is 2.33. The van der Waals surface area contributed by atoms with E-state index in [1.54, 1.807) is 30.3 Å². The van der Waals surface area contributed by atoms with Crippen LogP contribution in [0.3, 0.4) is 0 Å². The molecule has 1 fully saturated rings. The Bertz CT molecular complexity index is 381. The van der Waals surface area contributed by atoms with Gasteiger partial charge in [0.1, 0.15) is 6.54 Å². The van der Waals surface area contributed by atoms with Crippen LogP contribution in [-0.2, 0) is 16.1 Å². The van der Waals surface area contributed by atoms with Gasteiger partial charge in [0.15, 0.2) is 0 Å². The number of rotatable bonds is 6. The summed E-state index contributed by atoms with van der Waals surface area (Å²) in [7, 11) is 1.69. The molecule has 20 heavy (non-hydrogen) atoms. The number of ether oxygens (including phenoxy) is 1. The van der Waals surface area contributed by atoms with E-state index in [1.165, 1.54) is 0 Å². The van der Waals surface area contributed by atoms with Crippen LogP contribution >= 0.6 is 24.8 Å². The van der Waals surface area contributed by atoms with Crippen molar-refractivity contribution in [3.63, 3.8) is 0 Å². The van der Waals surface area contributed by atoms with Crippen molar-refractivity contribution in [2.24, 2.45) is 0 Å². The van der Waals surface area contributed by atoms with E-state index in [1.807, 2.05) is 0 Å². The van der Waals surface area contributed by atoms with E-state index in [0.717, 1.165) is 19.4 Å². The Morgan fingerprint density at radius 1 is 1.55 bits per heavy atom. The van der Waals surface area contributed by atoms with Crippen LogP contribution in [0.5, 0.6) is 0 Å². The lowest BCUT2D eigenvalue weighted by molar-refractivity contribution is -0.122. The second-order valence-electron chi connectivity index (χ2n) is 4.72. The van der Waals surface area contributed by atoms with Crippen molar-refractivity contribution in [2.75, 3.05) is 26.8 Å². The maximum Gasteiger partial charge on any atom is 0.241 e. The zero-order valence-corrected chi connectivity index (χ0v) is 13.1. The molecule has 1 aliphatic rings. The van der Waals surface area contributed by atoms with Crippen LogP contribution in [0.1, 0.15) is 12.8 Å². The molecule has 1 aromatic rings. The molecule has 8 heteroatoms. The van der Waals surface area contributed by atoms with Gasteiger partial charge in [0.05, 0.1) is 12.1 Å². The third-order valence-corrected chi connectivity index (χ3v) is 3.24. The monoisotopic (exact) mass is 324 g/mol. The van der Waals surface area contributed by atoms with Crippen LogP contribution in [0.4, 0.5) is 0 Å². The molecule has 1 unspecified atom stereocenters. The number of aromatic nitrogens is 2. The summed E-state index contributed by atoms with van der Waals surface area (Å²) in [5.74, 6) is -0.0251. The zero-order chi connectivity index (χ0) is 12.8. The molecule has 1 aliphatic heterocycles. The smallest absolute Gasteiger partial charge is 0.241 e. The van der Waals surface area contributed by atoms with Gasteiger partial charge in [-0.15, -0.1) is 24.8 Å². The van der Waals surface area contributed by atoms with Crippen LogP contribution in [0, 0.1) is 0 Å². The third kappa shape index (κ3) is 5.28. The fraction of sp³-hybridized carbons (Fsp3) is 0.667. The molecule has 2 N–H and O–H groups in total. The van der Waals surface area contributed by atoms with Crippen molar-refractivity contribution in [1.82, 2.24) is 20.4 Å². The summed E-state index contributed by atoms with van der Waals surface area (Å²) in [5, 5.41) is 10.4. The molecule has 1 aromatic heterocycles. The SMILES string of the molecule is COCC1(CNC(=O)Cn2cccn2)CCCN1.Cl.Cl. The quantitative estimate of drug-likeness (QED) is 0.804. The lowest BCUT2D eigenvalue weighted by Gasteiger charge is -2.28. The summed E-state index contributed by atoms with van der Waals surface area (Å²) in [6.45, 7) is 2.46. The van der Waals surface area contributed by atoms with E-state index >= 15 is 0 Å². The van der Waals surface area contributed by atoms with Crippen LogP contribution in [0.15, 0.2) is 18.5 Å². The second kappa shape index (κ2) is 9.18. The highest BCUT2D eigenvalue weighted by Gasteiger charge is 2.33. The van der Waals surface area contributed by atoms with E-state index in [2.05, 4.69) is 15.7 Å². The molecule has 0 aliphatic carbocycles. The van der Waals surface area contributed by atoms with Crippen molar-refractivity contribution in [3.05, 3.63) is 18.5 Å². The first-order valence-corrected chi connectivity index (χ1v) is 6.22. The molecule has 1 atom stereocenters. The Morgan fingerprint density at radius 3 is 2.90 bits per heavy atom. The highest BCUT2D eigenvalue weighted by molar-refractivity contribution is 5.85. The minimum absolute atomic E-state index is 0. The molecular weight excluding hydrogens is 303 g/mol. The molecule has 0 aromatic carbocycles. The summed E-state index contributed by atoms with van der Waals surface area (Å²) in [6.07, 6.45) is 5.60. The first-order valence-electron chi connectivity index (χ1n) is 6.22. The van der Waals surface area contributed by atoms with Gasteiger partial charge in [-0.25, -0.2) is 0 Å². The minimum atomic E-state index is -0.103. The number of nitrogens with one attached hydrogen (secondary N) is 2. The molecule has 2 rings (SSSR count). The highest BCUT2D eigenvalue weighted by atomic mass is 35.5. The van der Waals surface area contributed by atoms with Crippen molar-refractivity contribution in [3.8, 4) is 0 Å². The van der Waals surface area contributed by atoms with E-state index in [9.17, 15) is 4.79 Å². The molecule has 0 radical (unpaired) electrons. The van der Waals surface area contributed by atoms with Crippen molar-refractivity contribution in [2.45, 2.75) is 24.9 Å². The zero-order valence-electron chi connectivity index (χ0n) is 11.5. The first kappa shape index (κ1) is 19.2. The molecule has 2 heterocycles. The van der Waals surface area contributed by atoms with Crippen LogP contribution in [0.2, 0.25) is 0 Å². The molecule has 0 bridgehead atoms. The number of hydrogen-bond acceptors (Lipinski definition) is 4. The topological polar surface area (TPSA) is 68.2 Å². The fourth-order valence-electron chi connectivity index (χ4n) is 2.33. The first-order chi connectivity index (χ1) is 8.74. The minimum Gasteiger partial charge on any atom is -0.383 e. The maximum absolute atomic E-state index is 11.8. The van der Waals surface area contributed by atoms with Gasteiger partial charge >= 0.3 is 0 Å². The number of nitrogens with zero attached hydrogens (tertiary/aromatic N) is 2. The molecule has 1 amide bonds. The van der Waals surface area contributed by atoms with Gasteiger partial charge in [0.2, 0.25) is 5.91 Å². The molecule has 1 saturated heterocycles. The molecule has 116 valence electrons. The number of hydrogen-bond donors (Lipinski definition) is 2. The summed E-state index contributed by atoms with van der Waals surface area (Å²) >= 11 is 0. The third-order valence-electron chi connectivity index (χ3n) is 3.24. The number of amides is 1. The van der Waals surface area contributed by atoms with Crippen LogP contribution in [0.25, 0.3) is 0 Å². The number of carbonyl (C=O) groups excluding carboxylic acids is 1. The Labute approximate surface area is 131 Å². The van der Waals surface area contributed by atoms with Gasteiger partial charge < -0.3 is 15.4 Å². The normalized spacial score (nSPS) is 20.9. The predicted octanol–water partition coefficient (Wildman–Crippen LogP) is 0.612. The standard InChI is InChI=1S/C12H20N4O2.2ClH/c1-18-10-12(4-2-5-14-12)9-13-11(17)8-16-7-3-6-15-16;;/h3,6-7,14H,2,4-5,8-10H2,1H3,(H,13,17);2*1H. The van der Waals surface area contributed by atoms with Gasteiger partial charge in [-0.3, -0.25) is 9.48 Å². The van der Waals surface area contributed by atoms with Gasteiger partial charge in [-0.2, -0.15) is 5.10 Å². The second-order valence-corrected chi connectivity index (χ2v) is 4.72. The summed E-state index contributed by atoms with van der Waals surface area (Å²) in [5.41, 5.74) is -0.103. The average Bonchev–Trinajstić information content (AvgIpc) is 2.99. The van der Waals surface area contributed by atoms with E-state index in [4.69, 9.17) is 4.74 Å². The van der Waals surface area contributed by atoms with Gasteiger partial charge in [0, 0.05) is 26.0 Å². The van der Waals surface area contributed by atoms with Crippen molar-refractivity contribution < 1.29 is 9.53 Å². The molecule has 0 spiro atoms. The van der Waals surface area contributed by atoms with E-state index in [-0.39, 0.29) is 42.8 Å². The van der Waals surface area contributed by atoms with Gasteiger partial charge in [-0.1, -0.05) is 0 Å². The van der Waals surface area contributed by atoms with Crippen LogP contribution < -0.4 is 10.6 Å². The van der Waals surface area contributed by atoms with E-state index in [0.29, 0.717) is 13.2 Å². The largest absolute Gasteiger partial charge is 0.383 e. The van der Waals surface area contributed by atoms with Crippen molar-refractivity contribution >= 4 is 30.7 Å². The van der Waals surface area contributed by atoms with Crippen LogP contribution in [-0.4, -0.2) is 48.0 Å². The van der Waals surface area contributed by atoms with E-state index < -0.39 is 0 Å². The lowest BCUT2D eigenvalue weighted by Crippen LogP contribution is -2.53. The predicted molar refractivity (Wildman–Crippen MR) is 81.6 cm³/mol. The summed E-state index contributed by atoms with van der Waals surface area (Å²) < 4.78 is 6.85. The molecule has 0 saturated carbocycles. The highest BCUT2D eigenvalue weighted by Crippen LogP contribution is 2.18. The Kier molecular flexibility index (Phi) is 8.80. The Balaban J connectivity index is 0.00000180. The number of methoxy groups -OCH3 is 1. The van der Waals surface area contributed by atoms with Crippen molar-refractivity contribution in [1.29, 1.82) is 0 Å². The molecule has 6 nitrogen and oxygen atoms in total. The number of carbonyl (C=O) groups is 1. The Hall–Kier alpha value is -0.820. The average molecular weight is 325 g/mol. The Morgan fingerprint density at radius 2 is 2.35 bits per heavy atom. The van der Waals surface area contributed by atoms with Gasteiger partial charge in [0.25, 0.3) is 0 Å². The summed E-state index contributed by atoms with van der Waals surface area (Å²) in [6, 6.07) is 1.80. The lowest BCUT2D eigenvalue weighted by atomic mass is 9.99. The summed E-state index contributed by atoms with van der Waals surface area (Å²) in [4.78, 5) is 11.8. The number of halogens is 2. The maximum atomic E-state index is 11.8.